The zero-order valence-electron chi connectivity index (χ0n) is 4.48. The lowest BCUT2D eigenvalue weighted by atomic mass is 10.3. The summed E-state index contributed by atoms with van der Waals surface area (Å²) in [5.41, 5.74) is 0. The van der Waals surface area contributed by atoms with Crippen LogP contribution in [0.4, 0.5) is 0 Å². The number of rotatable bonds is 3. The molecule has 0 spiro atoms. The molecule has 0 rings (SSSR count). The Kier molecular flexibility index (Phi) is 3.38. The summed E-state index contributed by atoms with van der Waals surface area (Å²) in [5, 5.41) is 8.04. The van der Waals surface area contributed by atoms with Gasteiger partial charge < -0.3 is 5.11 Å². The van der Waals surface area contributed by atoms with Crippen LogP contribution >= 0.6 is 0 Å². The first-order valence-electron chi connectivity index (χ1n) is 2.49. The third-order valence-electron chi connectivity index (χ3n) is 0.744. The van der Waals surface area contributed by atoms with E-state index in [0.717, 1.165) is 12.8 Å². The smallest absolute Gasteiger partial charge is 0.303 e. The van der Waals surface area contributed by atoms with Gasteiger partial charge in [-0.3, -0.25) is 4.79 Å². The Bertz CT molecular complexity index is 59.1. The van der Waals surface area contributed by atoms with Gasteiger partial charge in [0.2, 0.25) is 0 Å². The van der Waals surface area contributed by atoms with Crippen molar-refractivity contribution in [2.75, 3.05) is 0 Å². The summed E-state index contributed by atoms with van der Waals surface area (Å²) in [6, 6.07) is 0. The van der Waals surface area contributed by atoms with E-state index in [1.54, 1.807) is 0 Å². The molecule has 0 aromatic carbocycles. The van der Waals surface area contributed by atoms with Crippen molar-refractivity contribution in [3.8, 4) is 0 Å². The second-order valence-electron chi connectivity index (χ2n) is 1.50. The topological polar surface area (TPSA) is 37.3 Å². The molecular weight excluding hydrogens is 93.0 g/mol. The van der Waals surface area contributed by atoms with Gasteiger partial charge >= 0.3 is 5.97 Å². The molecule has 0 aromatic rings. The molecule has 1 N–H and O–H groups in total. The summed E-state index contributed by atoms with van der Waals surface area (Å²) < 4.78 is 0. The van der Waals surface area contributed by atoms with Crippen molar-refractivity contribution in [1.82, 2.24) is 0 Å². The number of unbranched alkanes of at least 4 members (excludes halogenated alkanes) is 1. The van der Waals surface area contributed by atoms with Crippen molar-refractivity contribution in [3.63, 3.8) is 0 Å². The maximum Gasteiger partial charge on any atom is 0.303 e. The highest BCUT2D eigenvalue weighted by Gasteiger charge is 1.90. The van der Waals surface area contributed by atoms with E-state index >= 15 is 0 Å². The predicted molar refractivity (Wildman–Crippen MR) is 27.2 cm³/mol. The van der Waals surface area contributed by atoms with Crippen LogP contribution in [0.25, 0.3) is 0 Å². The van der Waals surface area contributed by atoms with Crippen molar-refractivity contribution < 1.29 is 9.90 Å². The highest BCUT2D eigenvalue weighted by atomic mass is 16.4. The highest BCUT2D eigenvalue weighted by Crippen LogP contribution is 1.91. The predicted octanol–water partition coefficient (Wildman–Crippen LogP) is 1.26. The third-order valence-corrected chi connectivity index (χ3v) is 0.744. The van der Waals surface area contributed by atoms with Gasteiger partial charge in [0.25, 0.3) is 0 Å². The largest absolute Gasteiger partial charge is 0.481 e. The maximum absolute atomic E-state index is 9.76. The summed E-state index contributed by atoms with van der Waals surface area (Å²) >= 11 is 0. The Morgan fingerprint density at radius 1 is 1.71 bits per heavy atom. The molecule has 0 heterocycles. The third kappa shape index (κ3) is 5.47. The van der Waals surface area contributed by atoms with E-state index < -0.39 is 5.97 Å². The van der Waals surface area contributed by atoms with Crippen molar-refractivity contribution in [1.29, 1.82) is 0 Å². The Balaban J connectivity index is 2.82. The van der Waals surface area contributed by atoms with Crippen LogP contribution in [0.3, 0.4) is 0 Å². The lowest BCUT2D eigenvalue weighted by molar-refractivity contribution is -0.137. The molecule has 0 unspecified atom stereocenters. The molecule has 42 valence electrons. The first-order valence-corrected chi connectivity index (χ1v) is 2.49. The van der Waals surface area contributed by atoms with Crippen LogP contribution in [0.5, 0.6) is 0 Å². The number of carboxylic acids is 1. The Morgan fingerprint density at radius 3 is 2.43 bits per heavy atom. The number of hydrogen-bond donors (Lipinski definition) is 1. The fourth-order valence-corrected chi connectivity index (χ4v) is 0.328. The number of carboxylic acid groups (broad SMARTS) is 1. The van der Waals surface area contributed by atoms with Crippen LogP contribution in [-0.2, 0) is 4.79 Å². The maximum atomic E-state index is 9.76. The summed E-state index contributed by atoms with van der Waals surface area (Å²) in [5.74, 6) is -0.693. The first-order chi connectivity index (χ1) is 3.27. The molecule has 0 saturated heterocycles. The van der Waals surface area contributed by atoms with Crippen LogP contribution in [-0.4, -0.2) is 11.1 Å². The summed E-state index contributed by atoms with van der Waals surface area (Å²) in [6.07, 6.45) is 2.08. The molecule has 7 heavy (non-hydrogen) atoms. The molecule has 0 radical (unpaired) electrons. The zero-order chi connectivity index (χ0) is 5.70. The van der Waals surface area contributed by atoms with Crippen LogP contribution < -0.4 is 0 Å². The van der Waals surface area contributed by atoms with E-state index in [1.165, 1.54) is 0 Å². The standard InChI is InChI=1S/C5H10O2/c1-2-3-4-5(6)7/h2-4H2,1H3,(H,6,7)/i1+1. The van der Waals surface area contributed by atoms with E-state index in [-0.39, 0.29) is 0 Å². The molecule has 0 aliphatic rings. The Labute approximate surface area is 43.2 Å². The van der Waals surface area contributed by atoms with E-state index in [2.05, 4.69) is 0 Å². The van der Waals surface area contributed by atoms with E-state index in [4.69, 9.17) is 5.11 Å². The average Bonchev–Trinajstić information content (AvgIpc) is 1.61. The fraction of sp³-hybridized carbons (Fsp3) is 0.800. The van der Waals surface area contributed by atoms with Crippen LogP contribution in [0.15, 0.2) is 0 Å². The molecule has 2 nitrogen and oxygen atoms in total. The fourth-order valence-electron chi connectivity index (χ4n) is 0.328. The quantitative estimate of drug-likeness (QED) is 0.546. The van der Waals surface area contributed by atoms with Crippen molar-refractivity contribution in [2.24, 2.45) is 0 Å². The van der Waals surface area contributed by atoms with Gasteiger partial charge in [0.15, 0.2) is 0 Å². The minimum Gasteiger partial charge on any atom is -0.481 e. The highest BCUT2D eigenvalue weighted by molar-refractivity contribution is 5.66. The van der Waals surface area contributed by atoms with Gasteiger partial charge in [-0.25, -0.2) is 0 Å². The lowest BCUT2D eigenvalue weighted by Crippen LogP contribution is -1.91. The van der Waals surface area contributed by atoms with Gasteiger partial charge in [0, 0.05) is 6.42 Å². The molecule has 0 aliphatic carbocycles. The van der Waals surface area contributed by atoms with Gasteiger partial charge in [0.1, 0.15) is 0 Å². The van der Waals surface area contributed by atoms with Gasteiger partial charge in [-0.15, -0.1) is 0 Å². The summed E-state index contributed by atoms with van der Waals surface area (Å²) in [6.45, 7) is 1.98. The van der Waals surface area contributed by atoms with Crippen molar-refractivity contribution in [3.05, 3.63) is 0 Å². The molecule has 0 amide bonds. The van der Waals surface area contributed by atoms with Gasteiger partial charge in [-0.05, 0) is 6.42 Å². The Hall–Kier alpha value is -0.530. The van der Waals surface area contributed by atoms with E-state index in [9.17, 15) is 4.79 Å². The monoisotopic (exact) mass is 103 g/mol. The zero-order valence-corrected chi connectivity index (χ0v) is 4.48. The van der Waals surface area contributed by atoms with Gasteiger partial charge in [0.05, 0.1) is 0 Å². The normalized spacial score (nSPS) is 8.71. The van der Waals surface area contributed by atoms with Gasteiger partial charge in [-0.1, -0.05) is 13.3 Å². The molecule has 0 aliphatic heterocycles. The molecule has 0 fully saturated rings. The first kappa shape index (κ1) is 6.47. The Morgan fingerprint density at radius 2 is 2.29 bits per heavy atom. The minimum atomic E-state index is -0.693. The number of hydrogen-bond acceptors (Lipinski definition) is 1. The second-order valence-corrected chi connectivity index (χ2v) is 1.50. The number of aliphatic carboxylic acids is 1. The molecule has 0 atom stereocenters. The number of carbonyl (C=O) groups is 1. The minimum absolute atomic E-state index is 0.316. The van der Waals surface area contributed by atoms with Crippen molar-refractivity contribution in [2.45, 2.75) is 26.2 Å². The van der Waals surface area contributed by atoms with Gasteiger partial charge in [-0.2, -0.15) is 0 Å². The molecule has 2 heteroatoms. The summed E-state index contributed by atoms with van der Waals surface area (Å²) in [7, 11) is 0. The average molecular weight is 103 g/mol. The molecule has 0 saturated carbocycles. The van der Waals surface area contributed by atoms with Crippen LogP contribution in [0.1, 0.15) is 26.2 Å². The van der Waals surface area contributed by atoms with Crippen molar-refractivity contribution >= 4 is 5.97 Å². The molecular formula is C5H10O2. The second kappa shape index (κ2) is 3.65. The van der Waals surface area contributed by atoms with E-state index in [0.29, 0.717) is 6.42 Å². The molecule has 0 bridgehead atoms. The lowest BCUT2D eigenvalue weighted by Gasteiger charge is -1.85. The van der Waals surface area contributed by atoms with Crippen LogP contribution in [0, 0.1) is 0 Å². The van der Waals surface area contributed by atoms with E-state index in [1.807, 2.05) is 6.92 Å². The summed E-state index contributed by atoms with van der Waals surface area (Å²) in [4.78, 5) is 9.76. The van der Waals surface area contributed by atoms with Crippen LogP contribution in [0.2, 0.25) is 0 Å². The SMILES string of the molecule is [13CH3]CCCC(=O)O. The molecule has 0 aromatic heterocycles.